The molecule has 16 heavy (non-hydrogen) atoms. The Morgan fingerprint density at radius 1 is 1.31 bits per heavy atom. The first-order valence-electron chi connectivity index (χ1n) is 5.20. The Labute approximate surface area is 93.6 Å². The Balaban J connectivity index is 2.58. The van der Waals surface area contributed by atoms with Gasteiger partial charge in [0.05, 0.1) is 5.69 Å². The molecule has 0 saturated carbocycles. The molecule has 0 aromatic carbocycles. The quantitative estimate of drug-likeness (QED) is 0.760. The van der Waals surface area contributed by atoms with Crippen molar-refractivity contribution in [2.45, 2.75) is 13.3 Å². The fourth-order valence-electron chi connectivity index (χ4n) is 1.60. The molecule has 82 valence electrons. The average molecular weight is 215 g/mol. The molecule has 0 N–H and O–H groups in total. The van der Waals surface area contributed by atoms with Crippen LogP contribution in [0.15, 0.2) is 35.4 Å². The van der Waals surface area contributed by atoms with Gasteiger partial charge in [-0.05, 0) is 24.1 Å². The van der Waals surface area contributed by atoms with Crippen LogP contribution in [0.25, 0.3) is 11.3 Å². The maximum Gasteiger partial charge on any atom is 0.266 e. The molecule has 0 fully saturated rings. The second kappa shape index (κ2) is 4.26. The van der Waals surface area contributed by atoms with Crippen molar-refractivity contribution in [1.29, 1.82) is 0 Å². The van der Waals surface area contributed by atoms with Crippen LogP contribution in [0.1, 0.15) is 12.5 Å². The normalized spacial score (nSPS) is 10.4. The maximum atomic E-state index is 11.2. The predicted molar refractivity (Wildman–Crippen MR) is 62.1 cm³/mol. The summed E-state index contributed by atoms with van der Waals surface area (Å²) in [5, 5.41) is 4.23. The molecule has 0 amide bonds. The summed E-state index contributed by atoms with van der Waals surface area (Å²) >= 11 is 0. The Bertz CT molecular complexity index is 560. The van der Waals surface area contributed by atoms with E-state index in [0.29, 0.717) is 0 Å². The number of hydrogen-bond acceptors (Lipinski definition) is 3. The lowest BCUT2D eigenvalue weighted by atomic mass is 10.1. The first-order valence-corrected chi connectivity index (χ1v) is 5.20. The summed E-state index contributed by atoms with van der Waals surface area (Å²) in [6.07, 6.45) is 4.47. The maximum absolute atomic E-state index is 11.2. The van der Waals surface area contributed by atoms with Gasteiger partial charge in [-0.25, -0.2) is 4.68 Å². The highest BCUT2D eigenvalue weighted by atomic mass is 16.1. The Morgan fingerprint density at radius 2 is 2.12 bits per heavy atom. The van der Waals surface area contributed by atoms with E-state index in [9.17, 15) is 4.79 Å². The van der Waals surface area contributed by atoms with Crippen LogP contribution in [-0.4, -0.2) is 14.8 Å². The summed E-state index contributed by atoms with van der Waals surface area (Å²) in [4.78, 5) is 15.3. The van der Waals surface area contributed by atoms with Gasteiger partial charge in [-0.15, -0.1) is 0 Å². The minimum absolute atomic E-state index is 0.101. The van der Waals surface area contributed by atoms with Gasteiger partial charge in [0.25, 0.3) is 5.56 Å². The first-order chi connectivity index (χ1) is 7.72. The third kappa shape index (κ3) is 1.86. The van der Waals surface area contributed by atoms with E-state index in [1.165, 1.54) is 10.7 Å². The standard InChI is InChI=1S/C12H13N3O/c1-3-9-8-13-7-6-10(9)11-4-5-12(16)15(2)14-11/h4-8H,3H2,1-2H3. The topological polar surface area (TPSA) is 47.8 Å². The summed E-state index contributed by atoms with van der Waals surface area (Å²) in [5.74, 6) is 0. The zero-order valence-electron chi connectivity index (χ0n) is 9.34. The molecule has 0 unspecified atom stereocenters. The van der Waals surface area contributed by atoms with E-state index in [-0.39, 0.29) is 5.56 Å². The minimum Gasteiger partial charge on any atom is -0.268 e. The van der Waals surface area contributed by atoms with Crippen molar-refractivity contribution in [3.63, 3.8) is 0 Å². The van der Waals surface area contributed by atoms with E-state index in [2.05, 4.69) is 17.0 Å². The Hall–Kier alpha value is -1.97. The largest absolute Gasteiger partial charge is 0.268 e. The second-order valence-electron chi connectivity index (χ2n) is 3.57. The molecule has 2 aromatic heterocycles. The molecule has 0 radical (unpaired) electrons. The highest BCUT2D eigenvalue weighted by molar-refractivity contribution is 5.62. The highest BCUT2D eigenvalue weighted by Gasteiger charge is 2.05. The number of pyridine rings is 1. The van der Waals surface area contributed by atoms with Crippen LogP contribution in [-0.2, 0) is 13.5 Å². The van der Waals surface area contributed by atoms with Crippen LogP contribution in [0, 0.1) is 0 Å². The van der Waals surface area contributed by atoms with Crippen molar-refractivity contribution in [3.8, 4) is 11.3 Å². The van der Waals surface area contributed by atoms with Crippen molar-refractivity contribution in [1.82, 2.24) is 14.8 Å². The number of aromatic nitrogens is 3. The van der Waals surface area contributed by atoms with E-state index < -0.39 is 0 Å². The molecule has 0 bridgehead atoms. The van der Waals surface area contributed by atoms with Crippen LogP contribution in [0.5, 0.6) is 0 Å². The predicted octanol–water partition coefficient (Wildman–Crippen LogP) is 1.40. The van der Waals surface area contributed by atoms with Crippen molar-refractivity contribution in [2.24, 2.45) is 7.05 Å². The summed E-state index contributed by atoms with van der Waals surface area (Å²) in [7, 11) is 1.65. The molecule has 0 saturated heterocycles. The molecule has 2 heterocycles. The summed E-state index contributed by atoms with van der Waals surface area (Å²) in [6, 6.07) is 5.20. The summed E-state index contributed by atoms with van der Waals surface area (Å²) in [5.41, 5.74) is 2.87. The third-order valence-corrected chi connectivity index (χ3v) is 2.52. The Kier molecular flexibility index (Phi) is 2.81. The van der Waals surface area contributed by atoms with Gasteiger partial charge in [0, 0.05) is 31.1 Å². The fourth-order valence-corrected chi connectivity index (χ4v) is 1.60. The Morgan fingerprint density at radius 3 is 2.81 bits per heavy atom. The van der Waals surface area contributed by atoms with E-state index in [0.717, 1.165) is 23.2 Å². The second-order valence-corrected chi connectivity index (χ2v) is 3.57. The first kappa shape index (κ1) is 10.5. The number of nitrogens with zero attached hydrogens (tertiary/aromatic N) is 3. The molecule has 0 aliphatic heterocycles. The minimum atomic E-state index is -0.101. The monoisotopic (exact) mass is 215 g/mol. The SMILES string of the molecule is CCc1cnccc1-c1ccc(=O)n(C)n1. The van der Waals surface area contributed by atoms with Gasteiger partial charge < -0.3 is 0 Å². The molecule has 0 aliphatic carbocycles. The molecular weight excluding hydrogens is 202 g/mol. The van der Waals surface area contributed by atoms with Gasteiger partial charge in [0.2, 0.25) is 0 Å². The van der Waals surface area contributed by atoms with E-state index >= 15 is 0 Å². The molecule has 0 spiro atoms. The number of hydrogen-bond donors (Lipinski definition) is 0. The van der Waals surface area contributed by atoms with Crippen LogP contribution in [0.3, 0.4) is 0 Å². The molecule has 0 atom stereocenters. The molecule has 0 aliphatic rings. The molecule has 4 heteroatoms. The molecule has 2 aromatic rings. The fraction of sp³-hybridized carbons (Fsp3) is 0.250. The molecular formula is C12H13N3O. The van der Waals surface area contributed by atoms with Crippen LogP contribution in [0.4, 0.5) is 0 Å². The van der Waals surface area contributed by atoms with Crippen molar-refractivity contribution in [2.75, 3.05) is 0 Å². The van der Waals surface area contributed by atoms with Crippen LogP contribution < -0.4 is 5.56 Å². The third-order valence-electron chi connectivity index (χ3n) is 2.52. The molecule has 4 nitrogen and oxygen atoms in total. The van der Waals surface area contributed by atoms with E-state index in [1.807, 2.05) is 12.3 Å². The summed E-state index contributed by atoms with van der Waals surface area (Å²) in [6.45, 7) is 2.07. The smallest absolute Gasteiger partial charge is 0.266 e. The van der Waals surface area contributed by atoms with Gasteiger partial charge in [-0.1, -0.05) is 6.92 Å². The molecule has 2 rings (SSSR count). The van der Waals surface area contributed by atoms with Crippen LogP contribution in [0.2, 0.25) is 0 Å². The number of rotatable bonds is 2. The lowest BCUT2D eigenvalue weighted by Gasteiger charge is -2.06. The van der Waals surface area contributed by atoms with Gasteiger partial charge in [0.15, 0.2) is 0 Å². The highest BCUT2D eigenvalue weighted by Crippen LogP contribution is 2.19. The van der Waals surface area contributed by atoms with E-state index in [1.54, 1.807) is 19.3 Å². The zero-order valence-corrected chi connectivity index (χ0v) is 9.34. The number of aryl methyl sites for hydroxylation is 2. The van der Waals surface area contributed by atoms with Gasteiger partial charge >= 0.3 is 0 Å². The zero-order chi connectivity index (χ0) is 11.5. The van der Waals surface area contributed by atoms with Gasteiger partial charge in [-0.3, -0.25) is 9.78 Å². The average Bonchev–Trinajstić information content (AvgIpc) is 2.32. The summed E-state index contributed by atoms with van der Waals surface area (Å²) < 4.78 is 1.34. The van der Waals surface area contributed by atoms with Crippen molar-refractivity contribution in [3.05, 3.63) is 46.5 Å². The van der Waals surface area contributed by atoms with Gasteiger partial charge in [0.1, 0.15) is 0 Å². The van der Waals surface area contributed by atoms with Crippen LogP contribution >= 0.6 is 0 Å². The lowest BCUT2D eigenvalue weighted by Crippen LogP contribution is -2.18. The van der Waals surface area contributed by atoms with Crippen molar-refractivity contribution < 1.29 is 0 Å². The van der Waals surface area contributed by atoms with Gasteiger partial charge in [-0.2, -0.15) is 5.10 Å². The van der Waals surface area contributed by atoms with Crippen molar-refractivity contribution >= 4 is 0 Å². The lowest BCUT2D eigenvalue weighted by molar-refractivity contribution is 0.711. The van der Waals surface area contributed by atoms with E-state index in [4.69, 9.17) is 0 Å².